The molecule has 2 aromatic rings. The number of hydrogen-bond acceptors (Lipinski definition) is 12. The van der Waals surface area contributed by atoms with Gasteiger partial charge in [-0.2, -0.15) is 0 Å². The summed E-state index contributed by atoms with van der Waals surface area (Å²) in [6.45, 7) is 6.53. The number of piperazine rings is 1. The first-order valence-electron chi connectivity index (χ1n) is 16.5. The number of aromatic nitrogens is 2. The van der Waals surface area contributed by atoms with Gasteiger partial charge in [-0.15, -0.1) is 0 Å². The first kappa shape index (κ1) is 37.4. The molecule has 6 N–H and O–H groups in total. The number of nitrogens with zero attached hydrogens (tertiary/aromatic N) is 5. The van der Waals surface area contributed by atoms with E-state index in [1.54, 1.807) is 4.90 Å². The van der Waals surface area contributed by atoms with E-state index in [0.717, 1.165) is 19.5 Å². The molecule has 1 saturated heterocycles. The van der Waals surface area contributed by atoms with Crippen molar-refractivity contribution in [2.24, 2.45) is 0 Å². The Morgan fingerprint density at radius 3 is 2.45 bits per heavy atom. The average molecular weight is 686 g/mol. The number of hydrogen-bond donors (Lipinski definition) is 6. The summed E-state index contributed by atoms with van der Waals surface area (Å²) < 4.78 is 10.6. The summed E-state index contributed by atoms with van der Waals surface area (Å²) in [5.41, 5.74) is 2.72. The fourth-order valence-electron chi connectivity index (χ4n) is 5.46. The van der Waals surface area contributed by atoms with Crippen molar-refractivity contribution >= 4 is 29.6 Å². The minimum absolute atomic E-state index is 0.0394. The van der Waals surface area contributed by atoms with Crippen LogP contribution in [0.1, 0.15) is 21.6 Å². The smallest absolute Gasteiger partial charge is 0.404 e. The molecule has 1 aromatic heterocycles. The highest BCUT2D eigenvalue weighted by Gasteiger charge is 2.22. The first-order chi connectivity index (χ1) is 23.8. The Hall–Kier alpha value is -4.42. The van der Waals surface area contributed by atoms with Crippen LogP contribution in [0.25, 0.3) is 0 Å². The lowest BCUT2D eigenvalue weighted by atomic mass is 10.00. The van der Waals surface area contributed by atoms with E-state index in [9.17, 15) is 24.3 Å². The van der Waals surface area contributed by atoms with Crippen LogP contribution >= 0.6 is 0 Å². The number of aliphatic hydroxyl groups is 1. The first-order valence-corrected chi connectivity index (χ1v) is 16.5. The molecule has 4 rings (SSSR count). The van der Waals surface area contributed by atoms with Crippen molar-refractivity contribution in [1.29, 1.82) is 0 Å². The van der Waals surface area contributed by atoms with Gasteiger partial charge >= 0.3 is 6.09 Å². The highest BCUT2D eigenvalue weighted by molar-refractivity contribution is 5.93. The minimum atomic E-state index is -1.11. The molecule has 0 bridgehead atoms. The van der Waals surface area contributed by atoms with E-state index in [-0.39, 0.29) is 63.6 Å². The third kappa shape index (κ3) is 13.5. The third-order valence-electron chi connectivity index (χ3n) is 8.10. The molecule has 2 aliphatic heterocycles. The normalized spacial score (nSPS) is 15.6. The molecule has 0 saturated carbocycles. The number of fused-ring (bicyclic) bond motifs is 1. The standard InChI is InChI=1S/C32H47N9O8/c42-26(21-40-8-5-24-3-1-2-4-25(24)20-40)18-36-31(45)27-17-28(38-23-37-27)35-19-29(43)33-6-9-39-10-12-41(13-11-39)30(44)22-49-16-15-48-14-7-34-32(46)47/h1-4,17,23,26,34,42H,5-16,18-22H2,(H,33,43)(H,36,45)(H,46,47)(H,35,37,38). The molecule has 0 radical (unpaired) electrons. The largest absolute Gasteiger partial charge is 0.465 e. The highest BCUT2D eigenvalue weighted by atomic mass is 16.5. The summed E-state index contributed by atoms with van der Waals surface area (Å²) >= 11 is 0. The van der Waals surface area contributed by atoms with Crippen LogP contribution in [-0.4, -0.2) is 163 Å². The number of anilines is 1. The van der Waals surface area contributed by atoms with Gasteiger partial charge in [-0.3, -0.25) is 24.2 Å². The van der Waals surface area contributed by atoms with Gasteiger partial charge in [0.1, 0.15) is 24.4 Å². The van der Waals surface area contributed by atoms with Crippen LogP contribution < -0.4 is 21.3 Å². The molecule has 1 unspecified atom stereocenters. The molecule has 4 amide bonds. The Labute approximate surface area is 285 Å². The Bertz CT molecular complexity index is 1380. The monoisotopic (exact) mass is 685 g/mol. The maximum Gasteiger partial charge on any atom is 0.404 e. The summed E-state index contributed by atoms with van der Waals surface area (Å²) in [4.78, 5) is 62.0. The van der Waals surface area contributed by atoms with Crippen LogP contribution in [-0.2, 0) is 32.0 Å². The van der Waals surface area contributed by atoms with E-state index in [4.69, 9.17) is 14.6 Å². The molecule has 268 valence electrons. The van der Waals surface area contributed by atoms with E-state index in [2.05, 4.69) is 53.2 Å². The van der Waals surface area contributed by atoms with Crippen LogP contribution in [0, 0.1) is 0 Å². The predicted molar refractivity (Wildman–Crippen MR) is 178 cm³/mol. The maximum absolute atomic E-state index is 12.7. The van der Waals surface area contributed by atoms with E-state index in [1.165, 1.54) is 23.5 Å². The summed E-state index contributed by atoms with van der Waals surface area (Å²) in [5, 5.41) is 29.7. The van der Waals surface area contributed by atoms with Crippen LogP contribution in [0.15, 0.2) is 36.7 Å². The number of carbonyl (C=O) groups is 4. The van der Waals surface area contributed by atoms with Crippen molar-refractivity contribution in [3.05, 3.63) is 53.5 Å². The van der Waals surface area contributed by atoms with E-state index < -0.39 is 18.1 Å². The van der Waals surface area contributed by atoms with Crippen LogP contribution in [0.2, 0.25) is 0 Å². The van der Waals surface area contributed by atoms with Gasteiger partial charge in [0.15, 0.2) is 0 Å². The lowest BCUT2D eigenvalue weighted by Crippen LogP contribution is -2.51. The fourth-order valence-corrected chi connectivity index (χ4v) is 5.46. The second kappa shape index (κ2) is 20.2. The zero-order valence-electron chi connectivity index (χ0n) is 27.6. The molecule has 3 heterocycles. The van der Waals surface area contributed by atoms with Gasteiger partial charge in [0.2, 0.25) is 11.8 Å². The van der Waals surface area contributed by atoms with E-state index in [1.807, 2.05) is 12.1 Å². The number of carbonyl (C=O) groups excluding carboxylic acids is 3. The Kier molecular flexibility index (Phi) is 15.4. The highest BCUT2D eigenvalue weighted by Crippen LogP contribution is 2.18. The Morgan fingerprint density at radius 2 is 1.65 bits per heavy atom. The third-order valence-corrected chi connectivity index (χ3v) is 8.10. The molecule has 17 nitrogen and oxygen atoms in total. The Balaban J connectivity index is 1.03. The molecule has 49 heavy (non-hydrogen) atoms. The number of nitrogens with one attached hydrogen (secondary N) is 4. The molecule has 1 fully saturated rings. The van der Waals surface area contributed by atoms with Gasteiger partial charge in [0, 0.05) is 78.1 Å². The second-order valence-corrected chi connectivity index (χ2v) is 11.7. The number of carboxylic acid groups (broad SMARTS) is 1. The molecule has 1 aromatic carbocycles. The van der Waals surface area contributed by atoms with Gasteiger partial charge in [0.25, 0.3) is 5.91 Å². The number of benzene rings is 1. The topological polar surface area (TPSA) is 211 Å². The molecule has 17 heteroatoms. The van der Waals surface area contributed by atoms with Crippen molar-refractivity contribution in [3.63, 3.8) is 0 Å². The van der Waals surface area contributed by atoms with Gasteiger partial charge in [-0.25, -0.2) is 14.8 Å². The van der Waals surface area contributed by atoms with Crippen molar-refractivity contribution < 1.29 is 38.9 Å². The number of amides is 4. The SMILES string of the molecule is O=C(O)NCCOCCOCC(=O)N1CCN(CCNC(=O)CNc2cc(C(=O)NCC(O)CN3CCc4ccccc4C3)ncn2)CC1. The number of aliphatic hydroxyl groups excluding tert-OH is 1. The molecule has 0 spiro atoms. The van der Waals surface area contributed by atoms with Crippen molar-refractivity contribution in [2.75, 3.05) is 104 Å². The van der Waals surface area contributed by atoms with E-state index >= 15 is 0 Å². The average Bonchev–Trinajstić information content (AvgIpc) is 3.11. The molecule has 1 atom stereocenters. The van der Waals surface area contributed by atoms with Crippen molar-refractivity contribution in [2.45, 2.75) is 19.1 Å². The Morgan fingerprint density at radius 1 is 0.878 bits per heavy atom. The lowest BCUT2D eigenvalue weighted by molar-refractivity contribution is -0.138. The van der Waals surface area contributed by atoms with Gasteiger partial charge in [-0.1, -0.05) is 24.3 Å². The second-order valence-electron chi connectivity index (χ2n) is 11.7. The van der Waals surface area contributed by atoms with Gasteiger partial charge < -0.3 is 45.9 Å². The van der Waals surface area contributed by atoms with Gasteiger partial charge in [-0.05, 0) is 17.5 Å². The van der Waals surface area contributed by atoms with Gasteiger partial charge in [0.05, 0.1) is 32.5 Å². The number of β-amino-alcohol motifs (C(OH)–C–C–N with tert-alkyl or cyclic N) is 1. The van der Waals surface area contributed by atoms with Crippen LogP contribution in [0.3, 0.4) is 0 Å². The summed E-state index contributed by atoms with van der Waals surface area (Å²) in [6.07, 6.45) is 0.337. The number of rotatable bonds is 19. The molecular weight excluding hydrogens is 638 g/mol. The lowest BCUT2D eigenvalue weighted by Gasteiger charge is -2.34. The van der Waals surface area contributed by atoms with E-state index in [0.29, 0.717) is 51.6 Å². The zero-order chi connectivity index (χ0) is 34.8. The quantitative estimate of drug-likeness (QED) is 0.0941. The molecule has 2 aliphatic rings. The molecule has 0 aliphatic carbocycles. The predicted octanol–water partition coefficient (Wildman–Crippen LogP) is -1.40. The minimum Gasteiger partial charge on any atom is -0.465 e. The van der Waals surface area contributed by atoms with Crippen molar-refractivity contribution in [1.82, 2.24) is 40.6 Å². The summed E-state index contributed by atoms with van der Waals surface area (Å²) in [6, 6.07) is 9.75. The van der Waals surface area contributed by atoms with Crippen LogP contribution in [0.5, 0.6) is 0 Å². The summed E-state index contributed by atoms with van der Waals surface area (Å²) in [7, 11) is 0. The number of ether oxygens (including phenoxy) is 2. The van der Waals surface area contributed by atoms with Crippen molar-refractivity contribution in [3.8, 4) is 0 Å². The van der Waals surface area contributed by atoms with Crippen LogP contribution in [0.4, 0.5) is 10.6 Å². The maximum atomic E-state index is 12.7. The molecular formula is C32H47N9O8. The fraction of sp³-hybridized carbons (Fsp3) is 0.562. The summed E-state index contributed by atoms with van der Waals surface area (Å²) in [5.74, 6) is -0.454. The zero-order valence-corrected chi connectivity index (χ0v) is 27.6.